The summed E-state index contributed by atoms with van der Waals surface area (Å²) in [6, 6.07) is 7.08. The van der Waals surface area contributed by atoms with Crippen LogP contribution in [-0.4, -0.2) is 34.9 Å². The Morgan fingerprint density at radius 2 is 1.95 bits per heavy atom. The Bertz CT molecular complexity index is 594. The molecule has 7 nitrogen and oxygen atoms in total. The molecule has 0 unspecified atom stereocenters. The third kappa shape index (κ3) is 4.96. The number of esters is 1. The van der Waals surface area contributed by atoms with Crippen molar-refractivity contribution in [1.82, 2.24) is 5.32 Å². The van der Waals surface area contributed by atoms with Crippen molar-refractivity contribution in [1.29, 1.82) is 0 Å². The highest BCUT2D eigenvalue weighted by Crippen LogP contribution is 2.09. The Balaban J connectivity index is 2.73. The second-order valence-electron chi connectivity index (χ2n) is 4.70. The third-order valence-electron chi connectivity index (χ3n) is 3.17. The van der Waals surface area contributed by atoms with E-state index in [0.29, 0.717) is 12.6 Å². The quantitative estimate of drug-likeness (QED) is 0.284. The molecule has 1 N–H and O–H groups in total. The van der Waals surface area contributed by atoms with E-state index < -0.39 is 23.9 Å². The summed E-state index contributed by atoms with van der Waals surface area (Å²) in [4.78, 5) is 37.9. The van der Waals surface area contributed by atoms with E-state index in [2.05, 4.69) is 14.8 Å². The Kier molecular flexibility index (Phi) is 6.66. The highest BCUT2D eigenvalue weighted by Gasteiger charge is 2.28. The summed E-state index contributed by atoms with van der Waals surface area (Å²) in [7, 11) is 0. The molecule has 0 saturated carbocycles. The molecule has 0 aliphatic carbocycles. The van der Waals surface area contributed by atoms with Gasteiger partial charge in [-0.1, -0.05) is 38.5 Å². The minimum Gasteiger partial charge on any atom is -0.373 e. The van der Waals surface area contributed by atoms with Gasteiger partial charge in [0, 0.05) is 0 Å². The number of carbonyl (C=O) groups is 3. The van der Waals surface area contributed by atoms with E-state index in [9.17, 15) is 14.4 Å². The smallest absolute Gasteiger partial charge is 0.373 e. The van der Waals surface area contributed by atoms with Crippen LogP contribution >= 0.6 is 0 Å². The van der Waals surface area contributed by atoms with Crippen LogP contribution in [0.25, 0.3) is 5.53 Å². The fraction of sp³-hybridized carbons (Fsp3) is 0.333. The first-order valence-corrected chi connectivity index (χ1v) is 6.78. The van der Waals surface area contributed by atoms with Gasteiger partial charge in [-0.15, -0.1) is 0 Å². The summed E-state index contributed by atoms with van der Waals surface area (Å²) in [5.41, 5.74) is 8.64. The number of rotatable bonds is 6. The van der Waals surface area contributed by atoms with Gasteiger partial charge in [-0.2, -0.15) is 4.79 Å². The molecule has 0 bridgehead atoms. The second kappa shape index (κ2) is 8.49. The Labute approximate surface area is 127 Å². The molecule has 1 amide bonds. The van der Waals surface area contributed by atoms with Crippen LogP contribution in [0.5, 0.6) is 0 Å². The molecule has 0 radical (unpaired) electrons. The van der Waals surface area contributed by atoms with Crippen molar-refractivity contribution in [3.05, 3.63) is 41.4 Å². The van der Waals surface area contributed by atoms with Crippen LogP contribution < -0.4 is 5.32 Å². The number of nitrogens with one attached hydrogen (secondary N) is 1. The van der Waals surface area contributed by atoms with Crippen molar-refractivity contribution in [2.75, 3.05) is 0 Å². The number of amides is 1. The number of ketones is 1. The van der Waals surface area contributed by atoms with Crippen LogP contribution in [0.3, 0.4) is 0 Å². The van der Waals surface area contributed by atoms with Crippen molar-refractivity contribution in [2.45, 2.75) is 26.3 Å². The number of benzene rings is 1. The highest BCUT2D eigenvalue weighted by molar-refractivity contribution is 6.28. The largest absolute Gasteiger partial charge is 0.415 e. The molecule has 1 aromatic rings. The van der Waals surface area contributed by atoms with Crippen LogP contribution in [0.2, 0.25) is 0 Å². The first kappa shape index (κ1) is 17.3. The van der Waals surface area contributed by atoms with Gasteiger partial charge in [-0.05, 0) is 18.1 Å². The molecule has 0 aliphatic rings. The van der Waals surface area contributed by atoms with E-state index in [4.69, 9.17) is 5.53 Å². The van der Waals surface area contributed by atoms with Gasteiger partial charge in [0.25, 0.3) is 5.78 Å². The van der Waals surface area contributed by atoms with Gasteiger partial charge in [0.05, 0.1) is 5.56 Å². The minimum atomic E-state index is -1.03. The van der Waals surface area contributed by atoms with Gasteiger partial charge in [0.15, 0.2) is 0 Å². The molecule has 0 aliphatic heterocycles. The summed E-state index contributed by atoms with van der Waals surface area (Å²) in [6.07, 6.45) is 0.275. The predicted molar refractivity (Wildman–Crippen MR) is 78.3 cm³/mol. The predicted octanol–water partition coefficient (Wildman–Crippen LogP) is 1.84. The van der Waals surface area contributed by atoms with Gasteiger partial charge in [-0.3, -0.25) is 4.79 Å². The zero-order valence-corrected chi connectivity index (χ0v) is 12.4. The average Bonchev–Trinajstić information content (AvgIpc) is 2.52. The van der Waals surface area contributed by atoms with Crippen LogP contribution in [0.4, 0.5) is 4.79 Å². The van der Waals surface area contributed by atoms with E-state index >= 15 is 0 Å². The summed E-state index contributed by atoms with van der Waals surface area (Å²) < 4.78 is 4.64. The van der Waals surface area contributed by atoms with Gasteiger partial charge >= 0.3 is 18.3 Å². The number of hydrogen-bond acceptors (Lipinski definition) is 4. The van der Waals surface area contributed by atoms with Gasteiger partial charge in [0.1, 0.15) is 6.04 Å². The normalized spacial score (nSPS) is 12.5. The number of ether oxygens (including phenoxy) is 1. The molecule has 0 saturated heterocycles. The maximum Gasteiger partial charge on any atom is 0.415 e. The lowest BCUT2D eigenvalue weighted by Gasteiger charge is -2.19. The van der Waals surface area contributed by atoms with Crippen LogP contribution in [0, 0.1) is 5.92 Å². The summed E-state index contributed by atoms with van der Waals surface area (Å²) >= 11 is 0. The third-order valence-corrected chi connectivity index (χ3v) is 3.17. The Morgan fingerprint density at radius 1 is 1.32 bits per heavy atom. The van der Waals surface area contributed by atoms with Crippen LogP contribution in [0.1, 0.15) is 30.6 Å². The molecule has 1 aromatic carbocycles. The van der Waals surface area contributed by atoms with E-state index in [0.717, 1.165) is 0 Å². The first-order chi connectivity index (χ1) is 10.5. The van der Waals surface area contributed by atoms with Crippen LogP contribution in [-0.2, 0) is 9.53 Å². The molecule has 2 atom stereocenters. The Morgan fingerprint density at radius 3 is 2.50 bits per heavy atom. The lowest BCUT2D eigenvalue weighted by molar-refractivity contribution is -0.118. The van der Waals surface area contributed by atoms with Gasteiger partial charge < -0.3 is 15.6 Å². The monoisotopic (exact) mass is 303 g/mol. The average molecular weight is 303 g/mol. The van der Waals surface area contributed by atoms with Crippen molar-refractivity contribution < 1.29 is 23.9 Å². The number of hydrogen-bond donors (Lipinski definition) is 1. The summed E-state index contributed by atoms with van der Waals surface area (Å²) in [6.45, 7) is 3.58. The van der Waals surface area contributed by atoms with Gasteiger partial charge in [-0.25, -0.2) is 9.59 Å². The summed E-state index contributed by atoms with van der Waals surface area (Å²) in [5.74, 6) is -1.62. The number of carbonyl (C=O) groups excluding carboxylic acids is 3. The lowest BCUT2D eigenvalue weighted by Crippen LogP contribution is -2.46. The molecular formula is C15H17N3O4. The zero-order valence-electron chi connectivity index (χ0n) is 12.4. The SMILES string of the molecule is CC[C@H](C)[C@@H](NC(=O)OC(=O)c1ccccc1)C(=O)C=[N+]=[N-]. The van der Waals surface area contributed by atoms with Crippen molar-refractivity contribution in [3.63, 3.8) is 0 Å². The summed E-state index contributed by atoms with van der Waals surface area (Å²) in [5, 5.41) is 2.32. The van der Waals surface area contributed by atoms with E-state index in [1.807, 2.05) is 6.92 Å². The maximum absolute atomic E-state index is 11.8. The molecule has 7 heteroatoms. The fourth-order valence-electron chi connectivity index (χ4n) is 1.74. The zero-order chi connectivity index (χ0) is 16.5. The minimum absolute atomic E-state index is 0.218. The number of Topliss-reactive ketones (excluding diaryl/α,β-unsaturated/α-hetero) is 1. The van der Waals surface area contributed by atoms with Crippen molar-refractivity contribution in [2.24, 2.45) is 5.92 Å². The van der Waals surface area contributed by atoms with Crippen LogP contribution in [0.15, 0.2) is 30.3 Å². The van der Waals surface area contributed by atoms with Crippen molar-refractivity contribution in [3.8, 4) is 0 Å². The van der Waals surface area contributed by atoms with E-state index in [1.165, 1.54) is 12.1 Å². The molecule has 0 heterocycles. The molecule has 0 aromatic heterocycles. The van der Waals surface area contributed by atoms with Crippen molar-refractivity contribution >= 4 is 24.1 Å². The topological polar surface area (TPSA) is 109 Å². The molecule has 1 rings (SSSR count). The van der Waals surface area contributed by atoms with E-state index in [-0.39, 0.29) is 11.5 Å². The van der Waals surface area contributed by atoms with E-state index in [1.54, 1.807) is 25.1 Å². The molecular weight excluding hydrogens is 286 g/mol. The standard InChI is InChI=1S/C15H17N3O4/c1-3-10(2)13(12(19)9-17-16)18-15(21)22-14(20)11-7-5-4-6-8-11/h4-10,13H,3H2,1-2H3,(H,18,21)/t10-,13+/m0/s1. The molecule has 22 heavy (non-hydrogen) atoms. The number of nitrogens with zero attached hydrogens (tertiary/aromatic N) is 2. The molecule has 116 valence electrons. The fourth-order valence-corrected chi connectivity index (χ4v) is 1.74. The Hall–Kier alpha value is -2.79. The molecule has 0 spiro atoms. The second-order valence-corrected chi connectivity index (χ2v) is 4.70. The molecule has 0 fully saturated rings. The highest BCUT2D eigenvalue weighted by atomic mass is 16.6. The first-order valence-electron chi connectivity index (χ1n) is 6.78. The van der Waals surface area contributed by atoms with Gasteiger partial charge in [0.2, 0.25) is 0 Å². The number of alkyl carbamates (subject to hydrolysis) is 1. The maximum atomic E-state index is 11.8. The lowest BCUT2D eigenvalue weighted by atomic mass is 9.96.